The van der Waals surface area contributed by atoms with Gasteiger partial charge in [-0.15, -0.1) is 6.58 Å². The Morgan fingerprint density at radius 1 is 1.40 bits per heavy atom. The predicted octanol–water partition coefficient (Wildman–Crippen LogP) is 0.244. The number of hydrogen-bond acceptors (Lipinski definition) is 7. The summed E-state index contributed by atoms with van der Waals surface area (Å²) in [5, 5.41) is 7.42. The van der Waals surface area contributed by atoms with Crippen LogP contribution in [0.15, 0.2) is 17.4 Å². The van der Waals surface area contributed by atoms with Gasteiger partial charge < -0.3 is 21.1 Å². The van der Waals surface area contributed by atoms with Gasteiger partial charge in [-0.2, -0.15) is 10.1 Å². The van der Waals surface area contributed by atoms with Crippen LogP contribution in [-0.2, 0) is 11.8 Å². The Balaban J connectivity index is 1.62. The highest BCUT2D eigenvalue weighted by Crippen LogP contribution is 2.42. The molecule has 1 spiro atoms. The van der Waals surface area contributed by atoms with Crippen molar-refractivity contribution in [2.75, 3.05) is 24.6 Å². The predicted molar refractivity (Wildman–Crippen MR) is 116 cm³/mol. The molecule has 2 atom stereocenters. The summed E-state index contributed by atoms with van der Waals surface area (Å²) in [6, 6.07) is -0.0596. The molecule has 30 heavy (non-hydrogen) atoms. The summed E-state index contributed by atoms with van der Waals surface area (Å²) >= 11 is 0. The maximum atomic E-state index is 13.1. The monoisotopic (exact) mass is 411 g/mol. The summed E-state index contributed by atoms with van der Waals surface area (Å²) in [5.41, 5.74) is 12.3. The van der Waals surface area contributed by atoms with E-state index >= 15 is 0 Å². The lowest BCUT2D eigenvalue weighted by molar-refractivity contribution is 0.109. The number of hydrogen-bond donors (Lipinski definition) is 3. The summed E-state index contributed by atoms with van der Waals surface area (Å²) in [4.78, 5) is 19.8. The minimum atomic E-state index is -0.671. The lowest BCUT2D eigenvalue weighted by atomic mass is 9.73. The molecular formula is C21H29N7O2. The first-order valence-corrected chi connectivity index (χ1v) is 10.2. The molecule has 2 fully saturated rings. The Morgan fingerprint density at radius 2 is 2.10 bits per heavy atom. The zero-order valence-corrected chi connectivity index (χ0v) is 17.7. The third-order valence-electron chi connectivity index (χ3n) is 6.18. The fraction of sp³-hybridized carbons (Fsp3) is 0.571. The van der Waals surface area contributed by atoms with Gasteiger partial charge in [-0.1, -0.05) is 12.0 Å². The number of aromatic amines is 1. The zero-order valence-electron chi connectivity index (χ0n) is 17.7. The number of anilines is 1. The molecule has 0 radical (unpaired) electrons. The molecule has 0 bridgehead atoms. The summed E-state index contributed by atoms with van der Waals surface area (Å²) in [5.74, 6) is 6.44. The van der Waals surface area contributed by atoms with Gasteiger partial charge in [0.05, 0.1) is 18.2 Å². The molecule has 0 saturated carbocycles. The van der Waals surface area contributed by atoms with Gasteiger partial charge >= 0.3 is 0 Å². The maximum absolute atomic E-state index is 13.1. The molecule has 2 aliphatic heterocycles. The highest BCUT2D eigenvalue weighted by molar-refractivity contribution is 5.81. The van der Waals surface area contributed by atoms with Crippen molar-refractivity contribution in [1.29, 1.82) is 0 Å². The highest BCUT2D eigenvalue weighted by Gasteiger charge is 2.48. The minimum Gasteiger partial charge on any atom is -0.372 e. The SMILES string of the molecule is C=C[C@@H]1OCC2(CCN(c3nc4n[nH]c(C#CC(C)(C)N)c4c(=O)n3C)CC2)[C@@H]1N. The van der Waals surface area contributed by atoms with Crippen LogP contribution in [0.3, 0.4) is 0 Å². The van der Waals surface area contributed by atoms with Crippen LogP contribution in [-0.4, -0.2) is 57.1 Å². The molecule has 2 aromatic heterocycles. The Hall–Kier alpha value is -2.67. The van der Waals surface area contributed by atoms with Crippen molar-refractivity contribution in [2.24, 2.45) is 23.9 Å². The molecule has 4 rings (SSSR count). The van der Waals surface area contributed by atoms with E-state index in [4.69, 9.17) is 16.2 Å². The fourth-order valence-corrected chi connectivity index (χ4v) is 4.30. The van der Waals surface area contributed by atoms with Crippen LogP contribution in [0, 0.1) is 17.3 Å². The molecule has 9 heteroatoms. The number of rotatable bonds is 2. The van der Waals surface area contributed by atoms with E-state index in [9.17, 15) is 4.79 Å². The van der Waals surface area contributed by atoms with Crippen molar-refractivity contribution in [2.45, 2.75) is 44.4 Å². The van der Waals surface area contributed by atoms with E-state index in [0.29, 0.717) is 29.3 Å². The highest BCUT2D eigenvalue weighted by atomic mass is 16.5. The molecule has 0 amide bonds. The smallest absolute Gasteiger partial charge is 0.267 e. The van der Waals surface area contributed by atoms with Gasteiger partial charge in [0, 0.05) is 31.6 Å². The largest absolute Gasteiger partial charge is 0.372 e. The summed E-state index contributed by atoms with van der Waals surface area (Å²) in [6.07, 6.45) is 3.43. The third kappa shape index (κ3) is 3.41. The van der Waals surface area contributed by atoms with Gasteiger partial charge in [-0.3, -0.25) is 14.5 Å². The second kappa shape index (κ2) is 7.23. The molecule has 160 valence electrons. The molecule has 2 saturated heterocycles. The normalized spacial score (nSPS) is 23.6. The molecule has 4 heterocycles. The number of fused-ring (bicyclic) bond motifs is 1. The van der Waals surface area contributed by atoms with E-state index in [1.165, 1.54) is 0 Å². The Bertz CT molecular complexity index is 1090. The molecule has 2 aliphatic rings. The summed E-state index contributed by atoms with van der Waals surface area (Å²) in [7, 11) is 1.73. The van der Waals surface area contributed by atoms with Crippen LogP contribution in [0.4, 0.5) is 5.95 Å². The van der Waals surface area contributed by atoms with Crippen molar-refractivity contribution in [3.63, 3.8) is 0 Å². The van der Waals surface area contributed by atoms with Crippen molar-refractivity contribution in [1.82, 2.24) is 19.7 Å². The van der Waals surface area contributed by atoms with Crippen LogP contribution in [0.2, 0.25) is 0 Å². The van der Waals surface area contributed by atoms with Gasteiger partial charge in [-0.05, 0) is 32.6 Å². The van der Waals surface area contributed by atoms with Crippen molar-refractivity contribution in [3.05, 3.63) is 28.7 Å². The molecular weight excluding hydrogens is 382 g/mol. The number of nitrogens with one attached hydrogen (secondary N) is 1. The lowest BCUT2D eigenvalue weighted by Gasteiger charge is -2.41. The number of H-pyrrole nitrogens is 1. The van der Waals surface area contributed by atoms with Crippen LogP contribution in [0.1, 0.15) is 32.4 Å². The first kappa shape index (κ1) is 20.6. The van der Waals surface area contributed by atoms with E-state index < -0.39 is 5.54 Å². The first-order chi connectivity index (χ1) is 14.1. The van der Waals surface area contributed by atoms with E-state index in [-0.39, 0.29) is 23.1 Å². The molecule has 0 unspecified atom stereocenters. The van der Waals surface area contributed by atoms with Crippen LogP contribution < -0.4 is 21.9 Å². The molecule has 2 aromatic rings. The fourth-order valence-electron chi connectivity index (χ4n) is 4.30. The average Bonchev–Trinajstić information content (AvgIpc) is 3.25. The minimum absolute atomic E-state index is 0.0531. The summed E-state index contributed by atoms with van der Waals surface area (Å²) in [6.45, 7) is 9.55. The third-order valence-corrected chi connectivity index (χ3v) is 6.18. The molecule has 9 nitrogen and oxygen atoms in total. The number of ether oxygens (including phenoxy) is 1. The number of nitrogens with zero attached hydrogens (tertiary/aromatic N) is 4. The van der Waals surface area contributed by atoms with Crippen molar-refractivity contribution < 1.29 is 4.74 Å². The van der Waals surface area contributed by atoms with Crippen molar-refractivity contribution >= 4 is 17.0 Å². The second-order valence-corrected chi connectivity index (χ2v) is 8.93. The van der Waals surface area contributed by atoms with Crippen molar-refractivity contribution in [3.8, 4) is 11.8 Å². The van der Waals surface area contributed by atoms with Gasteiger partial charge in [0.25, 0.3) is 5.56 Å². The molecule has 0 aromatic carbocycles. The average molecular weight is 412 g/mol. The molecule has 0 aliphatic carbocycles. The van der Waals surface area contributed by atoms with Gasteiger partial charge in [0.2, 0.25) is 5.95 Å². The van der Waals surface area contributed by atoms with Crippen LogP contribution >= 0.6 is 0 Å². The summed E-state index contributed by atoms with van der Waals surface area (Å²) < 4.78 is 7.39. The van der Waals surface area contributed by atoms with E-state index in [1.807, 2.05) is 0 Å². The van der Waals surface area contributed by atoms with Crippen LogP contribution in [0.5, 0.6) is 0 Å². The lowest BCUT2D eigenvalue weighted by Crippen LogP contribution is -2.51. The quantitative estimate of drug-likeness (QED) is 0.477. The molecule has 5 N–H and O–H groups in total. The Kier molecular flexibility index (Phi) is 4.97. The number of piperidine rings is 1. The maximum Gasteiger partial charge on any atom is 0.267 e. The number of aromatic nitrogens is 4. The second-order valence-electron chi connectivity index (χ2n) is 8.93. The first-order valence-electron chi connectivity index (χ1n) is 10.2. The van der Waals surface area contributed by atoms with E-state index in [2.05, 4.69) is 38.5 Å². The number of nitrogens with two attached hydrogens (primary N) is 2. The van der Waals surface area contributed by atoms with E-state index in [0.717, 1.165) is 25.9 Å². The van der Waals surface area contributed by atoms with Gasteiger partial charge in [0.15, 0.2) is 5.65 Å². The zero-order chi connectivity index (χ0) is 21.7. The van der Waals surface area contributed by atoms with Gasteiger partial charge in [0.1, 0.15) is 11.1 Å². The Labute approximate surface area is 175 Å². The van der Waals surface area contributed by atoms with Crippen LogP contribution in [0.25, 0.3) is 11.0 Å². The van der Waals surface area contributed by atoms with E-state index in [1.54, 1.807) is 31.5 Å². The Morgan fingerprint density at radius 3 is 2.70 bits per heavy atom. The topological polar surface area (TPSA) is 128 Å². The standard InChI is InChI=1S/C21H29N7O2/c1-5-14-16(22)21(12-30-14)8-10-28(11-9-21)19-24-17-15(18(29)27(19)4)13(25-26-17)6-7-20(2,3)23/h5,14,16H,1,8-12,22-23H2,2-4H3,(H,25,26)/t14-,16+/m0/s1. The van der Waals surface area contributed by atoms with Gasteiger partial charge in [-0.25, -0.2) is 0 Å².